The Labute approximate surface area is 195 Å². The van der Waals surface area contributed by atoms with Crippen LogP contribution in [0.3, 0.4) is 0 Å². The van der Waals surface area contributed by atoms with Crippen LogP contribution < -0.4 is 20.1 Å². The molecule has 188 valence electrons. The van der Waals surface area contributed by atoms with Crippen molar-refractivity contribution in [1.29, 1.82) is 0 Å². The van der Waals surface area contributed by atoms with Crippen molar-refractivity contribution in [1.82, 2.24) is 9.55 Å². The predicted molar refractivity (Wildman–Crippen MR) is 113 cm³/mol. The summed E-state index contributed by atoms with van der Waals surface area (Å²) in [7, 11) is 0. The van der Waals surface area contributed by atoms with Gasteiger partial charge in [-0.05, 0) is 37.1 Å². The number of benzene rings is 1. The Morgan fingerprint density at radius 2 is 1.97 bits per heavy atom. The average molecular weight is 500 g/mol. The van der Waals surface area contributed by atoms with Crippen molar-refractivity contribution in [2.24, 2.45) is 0 Å². The van der Waals surface area contributed by atoms with E-state index in [1.807, 2.05) is 4.90 Å². The van der Waals surface area contributed by atoms with Crippen LogP contribution in [-0.4, -0.2) is 66.0 Å². The largest absolute Gasteiger partial charge is 0.435 e. The van der Waals surface area contributed by atoms with Crippen LogP contribution in [0.4, 0.5) is 33.7 Å². The van der Waals surface area contributed by atoms with E-state index >= 15 is 0 Å². The number of Topliss-reactive ketones (excluding diaryl/α,β-unsaturated/α-hetero) is 1. The molecule has 2 bridgehead atoms. The number of rotatable bonds is 6. The number of ether oxygens (including phenoxy) is 2. The Hall–Kier alpha value is -3.22. The fourth-order valence-electron chi connectivity index (χ4n) is 4.87. The van der Waals surface area contributed by atoms with Crippen LogP contribution >= 0.6 is 0 Å². The zero-order valence-corrected chi connectivity index (χ0v) is 18.3. The number of hydrogen-bond donors (Lipinski definition) is 0. The van der Waals surface area contributed by atoms with E-state index in [2.05, 4.69) is 9.72 Å². The first-order valence-electron chi connectivity index (χ1n) is 11.0. The normalized spacial score (nSPS) is 23.7. The maximum absolute atomic E-state index is 14.0. The summed E-state index contributed by atoms with van der Waals surface area (Å²) in [6.07, 6.45) is -4.36. The van der Waals surface area contributed by atoms with Crippen molar-refractivity contribution in [3.05, 3.63) is 46.2 Å². The molecule has 1 aromatic carbocycles. The highest BCUT2D eigenvalue weighted by atomic mass is 19.4. The monoisotopic (exact) mass is 500 g/mol. The minimum Gasteiger partial charge on any atom is -0.435 e. The number of ketones is 1. The summed E-state index contributed by atoms with van der Waals surface area (Å²) in [4.78, 5) is 32.8. The lowest BCUT2D eigenvalue weighted by Gasteiger charge is -2.39. The van der Waals surface area contributed by atoms with Gasteiger partial charge in [0.05, 0.1) is 25.3 Å². The summed E-state index contributed by atoms with van der Waals surface area (Å²) in [5, 5.41) is 0. The van der Waals surface area contributed by atoms with Gasteiger partial charge >= 0.3 is 12.8 Å². The zero-order valence-electron chi connectivity index (χ0n) is 18.3. The molecule has 3 atom stereocenters. The highest BCUT2D eigenvalue weighted by molar-refractivity contribution is 5.99. The molecule has 0 N–H and O–H groups in total. The molecule has 3 aliphatic rings. The van der Waals surface area contributed by atoms with Gasteiger partial charge in [-0.1, -0.05) is 0 Å². The van der Waals surface area contributed by atoms with E-state index in [0.717, 1.165) is 28.0 Å². The summed E-state index contributed by atoms with van der Waals surface area (Å²) < 4.78 is 77.5. The maximum atomic E-state index is 14.0. The van der Waals surface area contributed by atoms with Crippen molar-refractivity contribution >= 4 is 17.5 Å². The molecule has 8 nitrogen and oxygen atoms in total. The molecule has 2 aromatic rings. The number of halogens is 5. The Morgan fingerprint density at radius 3 is 2.57 bits per heavy atom. The molecule has 3 aliphatic heterocycles. The van der Waals surface area contributed by atoms with Gasteiger partial charge < -0.3 is 19.3 Å². The second-order valence-corrected chi connectivity index (χ2v) is 8.70. The minimum absolute atomic E-state index is 0.0113. The summed E-state index contributed by atoms with van der Waals surface area (Å²) >= 11 is 0. The van der Waals surface area contributed by atoms with Crippen molar-refractivity contribution in [3.8, 4) is 5.75 Å². The van der Waals surface area contributed by atoms with E-state index in [1.54, 1.807) is 0 Å². The third-order valence-electron chi connectivity index (χ3n) is 6.52. The number of carbonyl (C=O) groups is 1. The number of aromatic nitrogens is 2. The first-order chi connectivity index (χ1) is 16.6. The molecule has 2 saturated heterocycles. The van der Waals surface area contributed by atoms with Gasteiger partial charge in [0.25, 0.3) is 5.56 Å². The van der Waals surface area contributed by atoms with Crippen LogP contribution in [0.2, 0.25) is 0 Å². The van der Waals surface area contributed by atoms with Crippen LogP contribution in [0.25, 0.3) is 0 Å². The lowest BCUT2D eigenvalue weighted by molar-refractivity contribution is -0.152. The van der Waals surface area contributed by atoms with Crippen LogP contribution in [0.5, 0.6) is 5.75 Å². The summed E-state index contributed by atoms with van der Waals surface area (Å²) in [5.74, 6) is -0.846. The van der Waals surface area contributed by atoms with Crippen molar-refractivity contribution in [2.45, 2.75) is 50.4 Å². The molecule has 0 unspecified atom stereocenters. The summed E-state index contributed by atoms with van der Waals surface area (Å²) in [5.41, 5.74) is -0.488. The van der Waals surface area contributed by atoms with Gasteiger partial charge in [0.15, 0.2) is 5.78 Å². The van der Waals surface area contributed by atoms with E-state index in [1.165, 1.54) is 18.2 Å². The third-order valence-corrected chi connectivity index (χ3v) is 6.52. The van der Waals surface area contributed by atoms with Gasteiger partial charge in [0.2, 0.25) is 5.95 Å². The molecule has 4 heterocycles. The van der Waals surface area contributed by atoms with Crippen LogP contribution in [0.1, 0.15) is 23.2 Å². The quantitative estimate of drug-likeness (QED) is 0.446. The molecule has 13 heteroatoms. The zero-order chi connectivity index (χ0) is 24.9. The van der Waals surface area contributed by atoms with Crippen molar-refractivity contribution in [3.63, 3.8) is 0 Å². The molecule has 0 aliphatic carbocycles. The first-order valence-corrected chi connectivity index (χ1v) is 11.0. The smallest absolute Gasteiger partial charge is 0.408 e. The van der Waals surface area contributed by atoms with Crippen molar-refractivity contribution in [2.75, 3.05) is 29.5 Å². The lowest BCUT2D eigenvalue weighted by atomic mass is 10.1. The molecule has 0 amide bonds. The number of hydrogen-bond acceptors (Lipinski definition) is 7. The second kappa shape index (κ2) is 8.77. The molecule has 1 aromatic heterocycles. The maximum Gasteiger partial charge on any atom is 0.408 e. The van der Waals surface area contributed by atoms with Gasteiger partial charge in [-0.3, -0.25) is 14.2 Å². The number of morpholine rings is 1. The fraction of sp³-hybridized carbons (Fsp3) is 0.500. The van der Waals surface area contributed by atoms with Crippen LogP contribution in [-0.2, 0) is 11.3 Å². The third kappa shape index (κ3) is 4.56. The number of fused-ring (bicyclic) bond motifs is 3. The Morgan fingerprint density at radius 1 is 1.23 bits per heavy atom. The topological polar surface area (TPSA) is 76.9 Å². The van der Waals surface area contributed by atoms with Gasteiger partial charge in [-0.25, -0.2) is 0 Å². The molecule has 35 heavy (non-hydrogen) atoms. The molecule has 0 saturated carbocycles. The van der Waals surface area contributed by atoms with Crippen LogP contribution in [0, 0.1) is 0 Å². The number of carbonyl (C=O) groups excluding carboxylic acids is 1. The highest BCUT2D eigenvalue weighted by Gasteiger charge is 2.48. The number of alkyl halides is 5. The Kier molecular flexibility index (Phi) is 5.90. The second-order valence-electron chi connectivity index (χ2n) is 8.70. The van der Waals surface area contributed by atoms with Crippen molar-refractivity contribution < 1.29 is 36.2 Å². The summed E-state index contributed by atoms with van der Waals surface area (Å²) in [6, 6.07) is 3.94. The Bertz CT molecular complexity index is 1170. The van der Waals surface area contributed by atoms with Crippen LogP contribution in [0.15, 0.2) is 35.1 Å². The van der Waals surface area contributed by atoms with E-state index in [0.29, 0.717) is 13.2 Å². The van der Waals surface area contributed by atoms with Gasteiger partial charge in [-0.15, -0.1) is 0 Å². The number of nitrogens with zero attached hydrogens (tertiary/aromatic N) is 4. The lowest BCUT2D eigenvalue weighted by Crippen LogP contribution is -2.54. The van der Waals surface area contributed by atoms with Gasteiger partial charge in [0, 0.05) is 24.7 Å². The molecular formula is C22H21F5N4O4. The highest BCUT2D eigenvalue weighted by Crippen LogP contribution is 2.36. The Balaban J connectivity index is 1.47. The molecule has 0 spiro atoms. The fourth-order valence-corrected chi connectivity index (χ4v) is 4.87. The molecular weight excluding hydrogens is 479 g/mol. The first kappa shape index (κ1) is 23.5. The van der Waals surface area contributed by atoms with E-state index < -0.39 is 43.1 Å². The minimum atomic E-state index is -4.67. The van der Waals surface area contributed by atoms with E-state index in [4.69, 9.17) is 4.74 Å². The standard InChI is InChI=1S/C22H21F5N4O4/c23-20(24)35-14-3-1-12(2-4-14)16(32)10-31-17(22(25,26)27)5-6-29-19(33)8-18(28-21(29)31)30-9-15-7-13(30)11-34-15/h1-4,8,13,15,17,20H,5-7,9-11H2/t13-,15-,17-/m0/s1. The SMILES string of the molecule is O=C(CN1c2nc(N3C[C@@H]4C[C@H]3CO4)cc(=O)n2CC[C@H]1C(F)(F)F)c1ccc(OC(F)F)cc1. The van der Waals surface area contributed by atoms with Gasteiger partial charge in [0.1, 0.15) is 17.6 Å². The average Bonchev–Trinajstić information content (AvgIpc) is 3.42. The molecule has 5 rings (SSSR count). The predicted octanol–water partition coefficient (Wildman–Crippen LogP) is 2.85. The van der Waals surface area contributed by atoms with E-state index in [-0.39, 0.29) is 41.8 Å². The van der Waals surface area contributed by atoms with Gasteiger partial charge in [-0.2, -0.15) is 26.9 Å². The molecule has 2 fully saturated rings. The number of anilines is 2. The van der Waals surface area contributed by atoms with E-state index in [9.17, 15) is 31.5 Å². The summed E-state index contributed by atoms with van der Waals surface area (Å²) in [6.45, 7) is -3.02. The molecule has 0 radical (unpaired) electrons.